The van der Waals surface area contributed by atoms with Crippen LogP contribution in [0.2, 0.25) is 0 Å². The highest BCUT2D eigenvalue weighted by Crippen LogP contribution is 2.56. The lowest BCUT2D eigenvalue weighted by Crippen LogP contribution is -2.58. The second-order valence-electron chi connectivity index (χ2n) is 13.2. The summed E-state index contributed by atoms with van der Waals surface area (Å²) in [5, 5.41) is 6.35. The Bertz CT molecular complexity index is 1380. The van der Waals surface area contributed by atoms with Gasteiger partial charge in [0, 0.05) is 17.8 Å². The standard InChI is InChI=1S/C36H43N3O5/c40-33(37-25-18-20-28(21-19-25)43-27-16-10-5-11-17-27)30-29-22-23-36(44-29)31(30)35(42)39(26-14-8-2-1-3-9-15-26)32(36)34(41)38-24-12-6-4-7-13-24/h5,10-11,16-24,26,29-32H,1-4,6-9,12-15H2,(H,37,40)(H,38,41)/t29-,30?,31-,32?,36?/m0/s1. The van der Waals surface area contributed by atoms with Gasteiger partial charge < -0.3 is 25.0 Å². The monoisotopic (exact) mass is 597 g/mol. The number of carbonyl (C=O) groups is 3. The molecule has 8 heteroatoms. The molecule has 0 aromatic heterocycles. The van der Waals surface area contributed by atoms with E-state index in [1.165, 1.54) is 12.8 Å². The average molecular weight is 598 g/mol. The number of anilines is 1. The number of likely N-dealkylation sites (tertiary alicyclic amines) is 1. The van der Waals surface area contributed by atoms with E-state index in [0.717, 1.165) is 70.0 Å². The molecule has 3 aliphatic heterocycles. The Morgan fingerprint density at radius 3 is 2.16 bits per heavy atom. The lowest BCUT2D eigenvalue weighted by atomic mass is 9.74. The Hall–Kier alpha value is -3.65. The molecule has 0 radical (unpaired) electrons. The highest BCUT2D eigenvalue weighted by molar-refractivity contribution is 6.03. The largest absolute Gasteiger partial charge is 0.457 e. The van der Waals surface area contributed by atoms with Crippen molar-refractivity contribution in [3.63, 3.8) is 0 Å². The van der Waals surface area contributed by atoms with Crippen LogP contribution in [0.1, 0.15) is 77.0 Å². The maximum Gasteiger partial charge on any atom is 0.246 e. The van der Waals surface area contributed by atoms with Gasteiger partial charge in [0.1, 0.15) is 23.1 Å². The summed E-state index contributed by atoms with van der Waals surface area (Å²) >= 11 is 0. The molecule has 7 rings (SSSR count). The molecule has 2 aliphatic carbocycles. The van der Waals surface area contributed by atoms with Gasteiger partial charge in [0.05, 0.1) is 17.9 Å². The van der Waals surface area contributed by atoms with Gasteiger partial charge in [-0.3, -0.25) is 14.4 Å². The third kappa shape index (κ3) is 5.42. The predicted molar refractivity (Wildman–Crippen MR) is 167 cm³/mol. The number of hydrogen-bond donors (Lipinski definition) is 2. The number of ether oxygens (including phenoxy) is 2. The first kappa shape index (κ1) is 29.1. The Morgan fingerprint density at radius 1 is 0.795 bits per heavy atom. The first-order valence-corrected chi connectivity index (χ1v) is 16.7. The Morgan fingerprint density at radius 2 is 1.43 bits per heavy atom. The summed E-state index contributed by atoms with van der Waals surface area (Å²) < 4.78 is 12.5. The van der Waals surface area contributed by atoms with Crippen molar-refractivity contribution in [2.75, 3.05) is 5.32 Å². The second kappa shape index (κ2) is 12.4. The number of rotatable bonds is 7. The molecule has 44 heavy (non-hydrogen) atoms. The van der Waals surface area contributed by atoms with Gasteiger partial charge in [-0.15, -0.1) is 0 Å². The first-order valence-electron chi connectivity index (χ1n) is 16.7. The van der Waals surface area contributed by atoms with Gasteiger partial charge in [0.15, 0.2) is 0 Å². The van der Waals surface area contributed by atoms with Crippen molar-refractivity contribution in [3.05, 3.63) is 66.7 Å². The van der Waals surface area contributed by atoms with Crippen LogP contribution in [0.15, 0.2) is 66.7 Å². The fourth-order valence-corrected chi connectivity index (χ4v) is 8.30. The first-order chi connectivity index (χ1) is 21.5. The van der Waals surface area contributed by atoms with Crippen molar-refractivity contribution in [3.8, 4) is 11.5 Å². The Labute approximate surface area is 259 Å². The molecule has 2 saturated heterocycles. The van der Waals surface area contributed by atoms with Crippen molar-refractivity contribution in [2.24, 2.45) is 11.8 Å². The fourth-order valence-electron chi connectivity index (χ4n) is 8.30. The normalized spacial score (nSPS) is 30.5. The van der Waals surface area contributed by atoms with E-state index in [0.29, 0.717) is 11.4 Å². The molecule has 1 spiro atoms. The molecule has 5 atom stereocenters. The predicted octanol–water partition coefficient (Wildman–Crippen LogP) is 6.13. The third-order valence-electron chi connectivity index (χ3n) is 10.4. The van der Waals surface area contributed by atoms with Gasteiger partial charge in [-0.1, -0.05) is 81.7 Å². The SMILES string of the molecule is O=C(Nc1ccc(Oc2ccccc2)cc1)C1[C@@H]2C=CC3(O2)C(C(=O)NC2CCCCC2)N(C2CCCCCCC2)C(=O)[C@H]13. The summed E-state index contributed by atoms with van der Waals surface area (Å²) in [5.41, 5.74) is -0.511. The molecule has 3 heterocycles. The zero-order valence-corrected chi connectivity index (χ0v) is 25.3. The number of hydrogen-bond acceptors (Lipinski definition) is 5. The summed E-state index contributed by atoms with van der Waals surface area (Å²) in [6, 6.07) is 16.1. The molecule has 3 unspecified atom stereocenters. The summed E-state index contributed by atoms with van der Waals surface area (Å²) in [4.78, 5) is 44.5. The van der Waals surface area contributed by atoms with Crippen LogP contribution in [0.5, 0.6) is 11.5 Å². The van der Waals surface area contributed by atoms with Crippen LogP contribution < -0.4 is 15.4 Å². The number of nitrogens with one attached hydrogen (secondary N) is 2. The molecule has 5 aliphatic rings. The molecule has 3 amide bonds. The molecule has 2 aromatic rings. The van der Waals surface area contributed by atoms with Gasteiger partial charge in [-0.25, -0.2) is 0 Å². The molecule has 2 aromatic carbocycles. The van der Waals surface area contributed by atoms with Crippen molar-refractivity contribution in [1.82, 2.24) is 10.2 Å². The molecular weight excluding hydrogens is 554 g/mol. The lowest BCUT2D eigenvalue weighted by Gasteiger charge is -2.38. The van der Waals surface area contributed by atoms with Crippen LogP contribution in [0.4, 0.5) is 5.69 Å². The van der Waals surface area contributed by atoms with Crippen LogP contribution in [0.25, 0.3) is 0 Å². The fraction of sp³-hybridized carbons (Fsp3) is 0.528. The average Bonchev–Trinajstić information content (AvgIpc) is 3.66. The van der Waals surface area contributed by atoms with Gasteiger partial charge in [0.25, 0.3) is 0 Å². The number of para-hydroxylation sites is 1. The topological polar surface area (TPSA) is 97.0 Å². The summed E-state index contributed by atoms with van der Waals surface area (Å²) in [6.07, 6.45) is 15.9. The maximum absolute atomic E-state index is 14.5. The summed E-state index contributed by atoms with van der Waals surface area (Å²) in [6.45, 7) is 0. The number of benzene rings is 2. The van der Waals surface area contributed by atoms with E-state index in [4.69, 9.17) is 9.47 Å². The minimum absolute atomic E-state index is 0.0261. The summed E-state index contributed by atoms with van der Waals surface area (Å²) in [5.74, 6) is -0.555. The van der Waals surface area contributed by atoms with Crippen molar-refractivity contribution < 1.29 is 23.9 Å². The van der Waals surface area contributed by atoms with Gasteiger partial charge >= 0.3 is 0 Å². The molecule has 4 fully saturated rings. The highest BCUT2D eigenvalue weighted by atomic mass is 16.5. The van der Waals surface area contributed by atoms with Crippen molar-refractivity contribution in [1.29, 1.82) is 0 Å². The molecule has 8 nitrogen and oxygen atoms in total. The molecule has 2 saturated carbocycles. The molecular formula is C36H43N3O5. The van der Waals surface area contributed by atoms with E-state index in [-0.39, 0.29) is 29.8 Å². The third-order valence-corrected chi connectivity index (χ3v) is 10.4. The molecule has 2 N–H and O–H groups in total. The highest BCUT2D eigenvalue weighted by Gasteiger charge is 2.73. The summed E-state index contributed by atoms with van der Waals surface area (Å²) in [7, 11) is 0. The number of nitrogens with zero attached hydrogens (tertiary/aromatic N) is 1. The Kier molecular flexibility index (Phi) is 8.19. The van der Waals surface area contributed by atoms with Gasteiger partial charge in [-0.05, 0) is 62.1 Å². The maximum atomic E-state index is 14.5. The van der Waals surface area contributed by atoms with Gasteiger partial charge in [-0.2, -0.15) is 0 Å². The quantitative estimate of drug-likeness (QED) is 0.375. The zero-order valence-electron chi connectivity index (χ0n) is 25.3. The van der Waals surface area contributed by atoms with Crippen LogP contribution >= 0.6 is 0 Å². The smallest absolute Gasteiger partial charge is 0.246 e. The lowest BCUT2D eigenvalue weighted by molar-refractivity contribution is -0.144. The minimum Gasteiger partial charge on any atom is -0.457 e. The van der Waals surface area contributed by atoms with Crippen LogP contribution in [0, 0.1) is 11.8 Å². The number of fused-ring (bicyclic) bond motifs is 1. The zero-order chi connectivity index (χ0) is 30.1. The number of amides is 3. The van der Waals surface area contributed by atoms with E-state index in [1.807, 2.05) is 59.5 Å². The minimum atomic E-state index is -1.13. The van der Waals surface area contributed by atoms with Crippen LogP contribution in [0.3, 0.4) is 0 Å². The van der Waals surface area contributed by atoms with Crippen LogP contribution in [-0.2, 0) is 19.1 Å². The van der Waals surface area contributed by atoms with Crippen molar-refractivity contribution >= 4 is 23.4 Å². The van der Waals surface area contributed by atoms with Crippen LogP contribution in [-0.4, -0.2) is 52.5 Å². The number of carbonyl (C=O) groups excluding carboxylic acids is 3. The van der Waals surface area contributed by atoms with Gasteiger partial charge in [0.2, 0.25) is 17.7 Å². The molecule has 232 valence electrons. The Balaban J connectivity index is 1.13. The van der Waals surface area contributed by atoms with E-state index in [9.17, 15) is 14.4 Å². The van der Waals surface area contributed by atoms with Crippen molar-refractivity contribution in [2.45, 2.75) is 107 Å². The second-order valence-corrected chi connectivity index (χ2v) is 13.2. The van der Waals surface area contributed by atoms with E-state index in [1.54, 1.807) is 12.1 Å². The molecule has 2 bridgehead atoms. The van der Waals surface area contributed by atoms with E-state index in [2.05, 4.69) is 10.6 Å². The van der Waals surface area contributed by atoms with E-state index < -0.39 is 29.6 Å². The van der Waals surface area contributed by atoms with E-state index >= 15 is 0 Å².